The molecule has 0 aromatic carbocycles. The number of hydrogen-bond donors (Lipinski definition) is 1. The monoisotopic (exact) mass is 453 g/mol. The fourth-order valence-electron chi connectivity index (χ4n) is 3.42. The summed E-state index contributed by atoms with van der Waals surface area (Å²) in [4.78, 5) is 12.3. The molecule has 0 aromatic heterocycles. The number of guanidine groups is 1. The molecule has 0 aromatic rings. The Kier molecular flexibility index (Phi) is 10.5. The number of rotatable bonds is 6. The predicted molar refractivity (Wildman–Crippen MR) is 111 cm³/mol. The highest BCUT2D eigenvalue weighted by atomic mass is 127. The van der Waals surface area contributed by atoms with Gasteiger partial charge in [-0.15, -0.1) is 24.0 Å². The van der Waals surface area contributed by atoms with Gasteiger partial charge in [-0.3, -0.25) is 9.89 Å². The minimum atomic E-state index is 0. The standard InChI is InChI=1S/C17H35N5O.HI/c1-5-18-17(22-7-6-16(13-22)14-23-4)19-12-15(2)21-10-8-20(3)9-11-21;/h15-16H,5-14H2,1-4H3,(H,18,19);1H. The smallest absolute Gasteiger partial charge is 0.193 e. The molecule has 2 aliphatic rings. The summed E-state index contributed by atoms with van der Waals surface area (Å²) >= 11 is 0. The van der Waals surface area contributed by atoms with Crippen molar-refractivity contribution in [1.29, 1.82) is 0 Å². The molecule has 2 fully saturated rings. The quantitative estimate of drug-likeness (QED) is 0.372. The average molecular weight is 453 g/mol. The number of nitrogens with one attached hydrogen (secondary N) is 1. The molecule has 2 heterocycles. The lowest BCUT2D eigenvalue weighted by atomic mass is 10.1. The van der Waals surface area contributed by atoms with Gasteiger partial charge in [0.2, 0.25) is 0 Å². The van der Waals surface area contributed by atoms with Crippen LogP contribution >= 0.6 is 24.0 Å². The highest BCUT2D eigenvalue weighted by Gasteiger charge is 2.25. The van der Waals surface area contributed by atoms with E-state index in [-0.39, 0.29) is 24.0 Å². The van der Waals surface area contributed by atoms with Gasteiger partial charge in [0.05, 0.1) is 13.2 Å². The zero-order valence-corrected chi connectivity index (χ0v) is 18.2. The molecule has 1 N–H and O–H groups in total. The van der Waals surface area contributed by atoms with Crippen LogP contribution in [0.2, 0.25) is 0 Å². The van der Waals surface area contributed by atoms with Crippen molar-refractivity contribution in [3.63, 3.8) is 0 Å². The van der Waals surface area contributed by atoms with Crippen molar-refractivity contribution in [3.05, 3.63) is 0 Å². The second-order valence-corrected chi connectivity index (χ2v) is 6.94. The van der Waals surface area contributed by atoms with E-state index in [1.165, 1.54) is 19.5 Å². The van der Waals surface area contributed by atoms with Crippen molar-refractivity contribution in [2.45, 2.75) is 26.3 Å². The molecule has 2 rings (SSSR count). The largest absolute Gasteiger partial charge is 0.384 e. The number of halogens is 1. The van der Waals surface area contributed by atoms with Gasteiger partial charge in [0, 0.05) is 64.9 Å². The van der Waals surface area contributed by atoms with Crippen LogP contribution in [0.1, 0.15) is 20.3 Å². The molecule has 2 atom stereocenters. The molecule has 0 amide bonds. The van der Waals surface area contributed by atoms with Crippen molar-refractivity contribution in [3.8, 4) is 0 Å². The highest BCUT2D eigenvalue weighted by molar-refractivity contribution is 14.0. The second-order valence-electron chi connectivity index (χ2n) is 6.94. The number of piperazine rings is 1. The summed E-state index contributed by atoms with van der Waals surface area (Å²) in [7, 11) is 3.99. The molecular weight excluding hydrogens is 417 g/mol. The first-order chi connectivity index (χ1) is 11.1. The SMILES string of the molecule is CCNC(=NCC(C)N1CCN(C)CC1)N1CCC(COC)C1.I. The van der Waals surface area contributed by atoms with E-state index < -0.39 is 0 Å². The maximum atomic E-state index is 5.30. The number of hydrogen-bond acceptors (Lipinski definition) is 4. The normalized spacial score (nSPS) is 24.8. The van der Waals surface area contributed by atoms with Crippen LogP contribution in [-0.2, 0) is 4.74 Å². The summed E-state index contributed by atoms with van der Waals surface area (Å²) in [5.74, 6) is 1.71. The Morgan fingerprint density at radius 2 is 1.96 bits per heavy atom. The lowest BCUT2D eigenvalue weighted by Crippen LogP contribution is -2.49. The third-order valence-corrected chi connectivity index (χ3v) is 4.99. The number of nitrogens with zero attached hydrogens (tertiary/aromatic N) is 4. The van der Waals surface area contributed by atoms with Crippen LogP contribution in [0.25, 0.3) is 0 Å². The Labute approximate surface area is 165 Å². The minimum absolute atomic E-state index is 0. The fourth-order valence-corrected chi connectivity index (χ4v) is 3.42. The summed E-state index contributed by atoms with van der Waals surface area (Å²) in [5.41, 5.74) is 0. The molecule has 6 nitrogen and oxygen atoms in total. The number of methoxy groups -OCH3 is 1. The second kappa shape index (κ2) is 11.5. The van der Waals surface area contributed by atoms with Crippen LogP contribution in [-0.4, -0.2) is 99.8 Å². The van der Waals surface area contributed by atoms with Crippen LogP contribution < -0.4 is 5.32 Å². The number of ether oxygens (including phenoxy) is 1. The summed E-state index contributed by atoms with van der Waals surface area (Å²) in [6.45, 7) is 13.9. The maximum Gasteiger partial charge on any atom is 0.193 e. The molecule has 2 unspecified atom stereocenters. The molecule has 0 saturated carbocycles. The molecular formula is C17H36IN5O. The Bertz CT molecular complexity index is 374. The van der Waals surface area contributed by atoms with E-state index in [9.17, 15) is 0 Å². The molecule has 2 saturated heterocycles. The van der Waals surface area contributed by atoms with Crippen molar-refractivity contribution in [1.82, 2.24) is 20.0 Å². The van der Waals surface area contributed by atoms with Crippen molar-refractivity contribution in [2.75, 3.05) is 73.1 Å². The van der Waals surface area contributed by atoms with Crippen molar-refractivity contribution in [2.24, 2.45) is 10.9 Å². The first-order valence-corrected chi connectivity index (χ1v) is 9.08. The van der Waals surface area contributed by atoms with Crippen LogP contribution in [0.4, 0.5) is 0 Å². The van der Waals surface area contributed by atoms with Gasteiger partial charge in [0.25, 0.3) is 0 Å². The van der Waals surface area contributed by atoms with E-state index in [0.717, 1.165) is 51.8 Å². The van der Waals surface area contributed by atoms with Crippen LogP contribution in [0, 0.1) is 5.92 Å². The van der Waals surface area contributed by atoms with Gasteiger partial charge in [0.1, 0.15) is 0 Å². The van der Waals surface area contributed by atoms with E-state index in [2.05, 4.69) is 40.9 Å². The summed E-state index contributed by atoms with van der Waals surface area (Å²) in [6, 6.07) is 0.509. The molecule has 142 valence electrons. The van der Waals surface area contributed by atoms with Crippen LogP contribution in [0.5, 0.6) is 0 Å². The lowest BCUT2D eigenvalue weighted by molar-refractivity contribution is 0.122. The number of aliphatic imine (C=N–C) groups is 1. The molecule has 0 aliphatic carbocycles. The topological polar surface area (TPSA) is 43.3 Å². The van der Waals surface area contributed by atoms with E-state index in [4.69, 9.17) is 9.73 Å². The molecule has 0 bridgehead atoms. The molecule has 2 aliphatic heterocycles. The molecule has 0 radical (unpaired) electrons. The van der Waals surface area contributed by atoms with Gasteiger partial charge in [0.15, 0.2) is 5.96 Å². The van der Waals surface area contributed by atoms with Gasteiger partial charge in [-0.2, -0.15) is 0 Å². The number of likely N-dealkylation sites (N-methyl/N-ethyl adjacent to an activating group) is 1. The Morgan fingerprint density at radius 3 is 2.58 bits per heavy atom. The summed E-state index contributed by atoms with van der Waals surface area (Å²) in [5, 5.41) is 3.46. The van der Waals surface area contributed by atoms with Crippen molar-refractivity contribution >= 4 is 29.9 Å². The maximum absolute atomic E-state index is 5.30. The zero-order chi connectivity index (χ0) is 16.7. The van der Waals surface area contributed by atoms with Crippen molar-refractivity contribution < 1.29 is 4.74 Å². The van der Waals surface area contributed by atoms with E-state index >= 15 is 0 Å². The molecule has 0 spiro atoms. The van der Waals surface area contributed by atoms with E-state index in [1.807, 2.05) is 0 Å². The van der Waals surface area contributed by atoms with Crippen LogP contribution in [0.15, 0.2) is 4.99 Å². The average Bonchev–Trinajstić information content (AvgIpc) is 3.00. The van der Waals surface area contributed by atoms with E-state index in [1.54, 1.807) is 7.11 Å². The first-order valence-electron chi connectivity index (χ1n) is 9.08. The minimum Gasteiger partial charge on any atom is -0.384 e. The molecule has 24 heavy (non-hydrogen) atoms. The Hall–Kier alpha value is -0.120. The zero-order valence-electron chi connectivity index (χ0n) is 15.8. The lowest BCUT2D eigenvalue weighted by Gasteiger charge is -2.36. The van der Waals surface area contributed by atoms with Gasteiger partial charge < -0.3 is 19.9 Å². The third-order valence-electron chi connectivity index (χ3n) is 4.99. The Morgan fingerprint density at radius 1 is 1.25 bits per heavy atom. The van der Waals surface area contributed by atoms with E-state index in [0.29, 0.717) is 12.0 Å². The van der Waals surface area contributed by atoms with Gasteiger partial charge in [-0.25, -0.2) is 0 Å². The van der Waals surface area contributed by atoms with Gasteiger partial charge >= 0.3 is 0 Å². The van der Waals surface area contributed by atoms with Gasteiger partial charge in [-0.05, 0) is 27.3 Å². The summed E-state index contributed by atoms with van der Waals surface area (Å²) in [6.07, 6.45) is 1.20. The molecule has 7 heteroatoms. The fraction of sp³-hybridized carbons (Fsp3) is 0.941. The van der Waals surface area contributed by atoms with Crippen LogP contribution in [0.3, 0.4) is 0 Å². The highest BCUT2D eigenvalue weighted by Crippen LogP contribution is 2.16. The predicted octanol–water partition coefficient (Wildman–Crippen LogP) is 1.17. The summed E-state index contributed by atoms with van der Waals surface area (Å²) < 4.78 is 5.30. The van der Waals surface area contributed by atoms with Gasteiger partial charge in [-0.1, -0.05) is 0 Å². The first kappa shape index (κ1) is 21.9. The number of likely N-dealkylation sites (tertiary alicyclic amines) is 1. The Balaban J connectivity index is 0.00000288. The third kappa shape index (κ3) is 6.65.